The first-order valence-electron chi connectivity index (χ1n) is 8.19. The molecule has 10 heteroatoms. The van der Waals surface area contributed by atoms with Gasteiger partial charge in [-0.25, -0.2) is 11.6 Å². The molecule has 1 fully saturated rings. The van der Waals surface area contributed by atoms with E-state index in [1.54, 1.807) is 6.07 Å². The average molecular weight is 472 g/mol. The summed E-state index contributed by atoms with van der Waals surface area (Å²) < 4.78 is 30.1. The molecule has 0 bridgehead atoms. The number of hydrogen-bond acceptors (Lipinski definition) is 4. The number of aromatic nitrogens is 1. The normalized spacial score (nSPS) is 16.5. The zero-order valence-corrected chi connectivity index (χ0v) is 16.7. The van der Waals surface area contributed by atoms with Crippen LogP contribution in [0.4, 0.5) is 20.3 Å². The average Bonchev–Trinajstić information content (AvgIpc) is 3.11. The summed E-state index contributed by atoms with van der Waals surface area (Å²) in [6.45, 7) is 8.46. The molecule has 1 aliphatic heterocycles. The fourth-order valence-corrected chi connectivity index (χ4v) is 3.46. The number of benzene rings is 1. The summed E-state index contributed by atoms with van der Waals surface area (Å²) in [6, 6.07) is 6.98. The molecule has 0 unspecified atom stereocenters. The maximum absolute atomic E-state index is 12.6. The summed E-state index contributed by atoms with van der Waals surface area (Å²) in [6.07, 6.45) is 2.24. The summed E-state index contributed by atoms with van der Waals surface area (Å²) in [4.78, 5) is 22.3. The maximum Gasteiger partial charge on any atom is 0.487 e. The molecule has 1 amide bonds. The van der Waals surface area contributed by atoms with Crippen LogP contribution in [-0.4, -0.2) is 35.6 Å². The lowest BCUT2D eigenvalue weighted by atomic mass is 10.2. The summed E-state index contributed by atoms with van der Waals surface area (Å²) >= 11 is 8.14. The van der Waals surface area contributed by atoms with E-state index in [2.05, 4.69) is 35.8 Å². The second-order valence-electron chi connectivity index (χ2n) is 6.07. The standard InChI is InChI=1S/C18H14BrClF2N4O2/c1-23-13-6-7-26(10-13)16-15(19)8-11(9-24-16)17(27)25-12-2-4-14(5-3-12)28-18(20,21)22/h2-5,8-9,13H,6-7,10H2,(H,25,27)/t13-/m0/s1. The van der Waals surface area contributed by atoms with Crippen molar-refractivity contribution in [3.8, 4) is 5.75 Å². The number of rotatable bonds is 5. The fourth-order valence-electron chi connectivity index (χ4n) is 2.77. The highest BCUT2D eigenvalue weighted by Crippen LogP contribution is 2.29. The van der Waals surface area contributed by atoms with Crippen LogP contribution in [0.5, 0.6) is 5.75 Å². The molecule has 3 rings (SSSR count). The van der Waals surface area contributed by atoms with Crippen molar-refractivity contribution in [3.05, 3.63) is 58.0 Å². The molecule has 1 aliphatic rings. The van der Waals surface area contributed by atoms with Gasteiger partial charge in [0.05, 0.1) is 16.6 Å². The molecule has 28 heavy (non-hydrogen) atoms. The van der Waals surface area contributed by atoms with Crippen molar-refractivity contribution in [3.63, 3.8) is 0 Å². The van der Waals surface area contributed by atoms with Gasteiger partial charge < -0.3 is 19.8 Å². The lowest BCUT2D eigenvalue weighted by Crippen LogP contribution is -2.22. The predicted molar refractivity (Wildman–Crippen MR) is 105 cm³/mol. The first-order valence-corrected chi connectivity index (χ1v) is 9.36. The van der Waals surface area contributed by atoms with Crippen molar-refractivity contribution in [2.75, 3.05) is 23.3 Å². The van der Waals surface area contributed by atoms with E-state index in [9.17, 15) is 13.6 Å². The molecule has 1 aromatic carbocycles. The van der Waals surface area contributed by atoms with E-state index in [0.717, 1.165) is 13.0 Å². The number of amides is 1. The van der Waals surface area contributed by atoms with Crippen LogP contribution >= 0.6 is 27.5 Å². The summed E-state index contributed by atoms with van der Waals surface area (Å²) in [5.74, 6) is 0.151. The van der Waals surface area contributed by atoms with Crippen LogP contribution in [0.15, 0.2) is 41.0 Å². The van der Waals surface area contributed by atoms with Crippen LogP contribution in [0.25, 0.3) is 4.85 Å². The number of anilines is 2. The Kier molecular flexibility index (Phi) is 6.01. The van der Waals surface area contributed by atoms with E-state index in [0.29, 0.717) is 28.1 Å². The Bertz CT molecular complexity index is 915. The number of ether oxygens (including phenoxy) is 1. The minimum Gasteiger partial charge on any atom is -0.420 e. The Balaban J connectivity index is 1.66. The molecule has 1 aromatic heterocycles. The summed E-state index contributed by atoms with van der Waals surface area (Å²) in [7, 11) is 0. The zero-order chi connectivity index (χ0) is 20.3. The molecule has 1 atom stereocenters. The second-order valence-corrected chi connectivity index (χ2v) is 7.37. The molecule has 1 saturated heterocycles. The zero-order valence-electron chi connectivity index (χ0n) is 14.3. The minimum atomic E-state index is -3.80. The number of hydrogen-bond donors (Lipinski definition) is 1. The van der Waals surface area contributed by atoms with Crippen molar-refractivity contribution in [2.45, 2.75) is 18.0 Å². The first kappa shape index (κ1) is 20.3. The number of nitrogens with zero attached hydrogens (tertiary/aromatic N) is 3. The van der Waals surface area contributed by atoms with E-state index in [1.165, 1.54) is 30.5 Å². The fraction of sp³-hybridized carbons (Fsp3) is 0.278. The molecule has 1 N–H and O–H groups in total. The van der Waals surface area contributed by atoms with Gasteiger partial charge in [-0.3, -0.25) is 4.79 Å². The summed E-state index contributed by atoms with van der Waals surface area (Å²) in [5.41, 5.74) is -3.08. The van der Waals surface area contributed by atoms with Gasteiger partial charge in [0.1, 0.15) is 11.6 Å². The van der Waals surface area contributed by atoms with Crippen LogP contribution in [0.2, 0.25) is 0 Å². The molecule has 6 nitrogen and oxygen atoms in total. The number of pyridine rings is 1. The van der Waals surface area contributed by atoms with E-state index < -0.39 is 11.5 Å². The lowest BCUT2D eigenvalue weighted by molar-refractivity contribution is -0.0964. The van der Waals surface area contributed by atoms with Gasteiger partial charge in [-0.05, 0) is 46.3 Å². The van der Waals surface area contributed by atoms with Crippen molar-refractivity contribution in [2.24, 2.45) is 0 Å². The molecule has 0 radical (unpaired) electrons. The topological polar surface area (TPSA) is 58.8 Å². The minimum absolute atomic E-state index is 0.0395. The molecular formula is C18H14BrClF2N4O2. The van der Waals surface area contributed by atoms with Crippen LogP contribution in [0.1, 0.15) is 16.8 Å². The van der Waals surface area contributed by atoms with Gasteiger partial charge in [0.2, 0.25) is 6.04 Å². The third-order valence-corrected chi connectivity index (χ3v) is 4.74. The second kappa shape index (κ2) is 8.29. The maximum atomic E-state index is 12.6. The van der Waals surface area contributed by atoms with Gasteiger partial charge in [-0.1, -0.05) is 0 Å². The van der Waals surface area contributed by atoms with E-state index in [-0.39, 0.29) is 11.8 Å². The monoisotopic (exact) mass is 470 g/mol. The molecule has 2 aromatic rings. The van der Waals surface area contributed by atoms with Crippen molar-refractivity contribution in [1.29, 1.82) is 0 Å². The Morgan fingerprint density at radius 2 is 2.14 bits per heavy atom. The number of alkyl halides is 3. The highest BCUT2D eigenvalue weighted by Gasteiger charge is 2.29. The smallest absolute Gasteiger partial charge is 0.420 e. The largest absolute Gasteiger partial charge is 0.487 e. The van der Waals surface area contributed by atoms with Crippen molar-refractivity contribution in [1.82, 2.24) is 4.98 Å². The van der Waals surface area contributed by atoms with Gasteiger partial charge >= 0.3 is 5.57 Å². The highest BCUT2D eigenvalue weighted by atomic mass is 79.9. The molecule has 0 saturated carbocycles. The molecule has 146 valence electrons. The number of nitrogens with one attached hydrogen (secondary N) is 1. The first-order chi connectivity index (χ1) is 13.2. The van der Waals surface area contributed by atoms with Gasteiger partial charge in [0.25, 0.3) is 5.91 Å². The van der Waals surface area contributed by atoms with E-state index in [4.69, 9.17) is 18.2 Å². The summed E-state index contributed by atoms with van der Waals surface area (Å²) in [5, 5.41) is 2.65. The Morgan fingerprint density at radius 1 is 1.43 bits per heavy atom. The molecule has 2 heterocycles. The molecular weight excluding hydrogens is 458 g/mol. The number of halogens is 4. The van der Waals surface area contributed by atoms with E-state index in [1.807, 2.05) is 4.90 Å². The Morgan fingerprint density at radius 3 is 2.71 bits per heavy atom. The van der Waals surface area contributed by atoms with E-state index >= 15 is 0 Å². The van der Waals surface area contributed by atoms with Crippen LogP contribution in [0, 0.1) is 6.57 Å². The lowest BCUT2D eigenvalue weighted by Gasteiger charge is -2.17. The van der Waals surface area contributed by atoms with Gasteiger partial charge in [0, 0.05) is 36.5 Å². The number of carbonyl (C=O) groups excluding carboxylic acids is 1. The third kappa shape index (κ3) is 5.09. The van der Waals surface area contributed by atoms with Crippen LogP contribution in [0.3, 0.4) is 0 Å². The molecule has 0 aliphatic carbocycles. The predicted octanol–water partition coefficient (Wildman–Crippen LogP) is 4.76. The number of carbonyl (C=O) groups is 1. The van der Waals surface area contributed by atoms with Gasteiger partial charge in [0.15, 0.2) is 0 Å². The van der Waals surface area contributed by atoms with Crippen LogP contribution in [-0.2, 0) is 0 Å². The van der Waals surface area contributed by atoms with Gasteiger partial charge in [-0.15, -0.1) is 8.78 Å². The quantitative estimate of drug-likeness (QED) is 0.504. The highest BCUT2D eigenvalue weighted by molar-refractivity contribution is 9.10. The third-order valence-electron chi connectivity index (χ3n) is 4.08. The molecule has 0 spiro atoms. The van der Waals surface area contributed by atoms with Gasteiger partial charge in [-0.2, -0.15) is 0 Å². The van der Waals surface area contributed by atoms with Crippen molar-refractivity contribution < 1.29 is 18.3 Å². The Hall–Kier alpha value is -2.44. The Labute approximate surface area is 173 Å². The van der Waals surface area contributed by atoms with Crippen LogP contribution < -0.4 is 15.0 Å². The van der Waals surface area contributed by atoms with Crippen molar-refractivity contribution >= 4 is 44.9 Å². The SMILES string of the molecule is [C-]#[N+][C@H]1CCN(c2ncc(C(=O)Nc3ccc(OC(F)(F)Cl)cc3)cc2Br)C1.